The highest BCUT2D eigenvalue weighted by atomic mass is 79.9. The molecular weight excluding hydrogens is 490 g/mol. The molecule has 1 aromatic heterocycles. The Bertz CT molecular complexity index is 503. The molecule has 0 radical (unpaired) electrons. The standard InChI is InChI=1S/C33H61N.BrH/c1-3-5-7-9-11-13-15-16-17-19-21-23-25-29-32(33-30-26-27-31-34-33)28-24-22-20-18-14-12-10-8-6-4-2;/h26-27,30-32H,3-25,28-29H2,1-2H3;1H. The van der Waals surface area contributed by atoms with E-state index in [1.807, 2.05) is 6.20 Å². The molecule has 0 aliphatic rings. The summed E-state index contributed by atoms with van der Waals surface area (Å²) in [4.78, 5) is 4.72. The van der Waals surface area contributed by atoms with Crippen LogP contribution in [0.1, 0.15) is 186 Å². The van der Waals surface area contributed by atoms with Crippen molar-refractivity contribution in [3.05, 3.63) is 30.1 Å². The van der Waals surface area contributed by atoms with Gasteiger partial charge >= 0.3 is 0 Å². The molecule has 0 aromatic carbocycles. The molecule has 35 heavy (non-hydrogen) atoms. The average Bonchev–Trinajstić information content (AvgIpc) is 2.87. The van der Waals surface area contributed by atoms with Crippen molar-refractivity contribution in [3.8, 4) is 0 Å². The van der Waals surface area contributed by atoms with Gasteiger partial charge in [0.2, 0.25) is 0 Å². The number of pyridine rings is 1. The Kier molecular flexibility index (Phi) is 27.9. The fourth-order valence-corrected chi connectivity index (χ4v) is 5.34. The fraction of sp³-hybridized carbons (Fsp3) is 0.848. The molecule has 0 fully saturated rings. The van der Waals surface area contributed by atoms with E-state index in [1.165, 1.54) is 166 Å². The Morgan fingerprint density at radius 2 is 0.829 bits per heavy atom. The van der Waals surface area contributed by atoms with Gasteiger partial charge in [0.1, 0.15) is 0 Å². The second-order valence-electron chi connectivity index (χ2n) is 11.0. The van der Waals surface area contributed by atoms with E-state index < -0.39 is 0 Å². The maximum Gasteiger partial charge on any atom is 0.0434 e. The molecule has 1 nitrogen and oxygen atoms in total. The maximum absolute atomic E-state index is 4.72. The molecule has 1 unspecified atom stereocenters. The first-order valence-corrected chi connectivity index (χ1v) is 15.8. The van der Waals surface area contributed by atoms with Gasteiger partial charge in [0.15, 0.2) is 0 Å². The second kappa shape index (κ2) is 28.2. The van der Waals surface area contributed by atoms with Crippen LogP contribution in [0.2, 0.25) is 0 Å². The van der Waals surface area contributed by atoms with Crippen LogP contribution in [0, 0.1) is 0 Å². The van der Waals surface area contributed by atoms with Crippen LogP contribution in [0.5, 0.6) is 0 Å². The first-order chi connectivity index (χ1) is 16.9. The Morgan fingerprint density at radius 3 is 1.14 bits per heavy atom. The van der Waals surface area contributed by atoms with Crippen LogP contribution in [-0.4, -0.2) is 4.98 Å². The lowest BCUT2D eigenvalue weighted by molar-refractivity contribution is 0.474. The van der Waals surface area contributed by atoms with Gasteiger partial charge in [-0.2, -0.15) is 0 Å². The zero-order valence-electron chi connectivity index (χ0n) is 23.9. The molecule has 0 spiro atoms. The fourth-order valence-electron chi connectivity index (χ4n) is 5.34. The van der Waals surface area contributed by atoms with E-state index in [2.05, 4.69) is 32.0 Å². The minimum absolute atomic E-state index is 0. The Hall–Kier alpha value is -0.370. The summed E-state index contributed by atoms with van der Waals surface area (Å²) in [5, 5.41) is 0. The predicted octanol–water partition coefficient (Wildman–Crippen LogP) is 12.5. The summed E-state index contributed by atoms with van der Waals surface area (Å²) in [5.74, 6) is 0.683. The van der Waals surface area contributed by atoms with E-state index in [4.69, 9.17) is 4.98 Å². The van der Waals surface area contributed by atoms with Gasteiger partial charge in [-0.15, -0.1) is 17.0 Å². The van der Waals surface area contributed by atoms with Gasteiger partial charge in [-0.05, 0) is 25.0 Å². The average molecular weight is 553 g/mol. The molecule has 0 aliphatic heterocycles. The van der Waals surface area contributed by atoms with E-state index in [0.29, 0.717) is 5.92 Å². The van der Waals surface area contributed by atoms with E-state index in [-0.39, 0.29) is 17.0 Å². The van der Waals surface area contributed by atoms with Crippen molar-refractivity contribution in [1.82, 2.24) is 4.98 Å². The molecule has 1 heterocycles. The zero-order chi connectivity index (χ0) is 24.4. The van der Waals surface area contributed by atoms with Gasteiger partial charge in [0.05, 0.1) is 0 Å². The highest BCUT2D eigenvalue weighted by Gasteiger charge is 2.12. The van der Waals surface area contributed by atoms with Crippen LogP contribution in [0.25, 0.3) is 0 Å². The van der Waals surface area contributed by atoms with Gasteiger partial charge in [-0.3, -0.25) is 4.98 Å². The molecule has 2 heteroatoms. The zero-order valence-corrected chi connectivity index (χ0v) is 25.6. The van der Waals surface area contributed by atoms with Crippen LogP contribution < -0.4 is 0 Å². The summed E-state index contributed by atoms with van der Waals surface area (Å²) in [5.41, 5.74) is 1.34. The first-order valence-electron chi connectivity index (χ1n) is 15.8. The maximum atomic E-state index is 4.72. The second-order valence-corrected chi connectivity index (χ2v) is 11.0. The van der Waals surface area contributed by atoms with Crippen LogP contribution in [0.15, 0.2) is 24.4 Å². The summed E-state index contributed by atoms with van der Waals surface area (Å²) in [6.45, 7) is 4.61. The predicted molar refractivity (Wildman–Crippen MR) is 164 cm³/mol. The van der Waals surface area contributed by atoms with Crippen molar-refractivity contribution in [2.75, 3.05) is 0 Å². The molecule has 1 aromatic rings. The molecule has 206 valence electrons. The van der Waals surface area contributed by atoms with Gasteiger partial charge in [0.25, 0.3) is 0 Å². The summed E-state index contributed by atoms with van der Waals surface area (Å²) in [6, 6.07) is 6.51. The van der Waals surface area contributed by atoms with E-state index in [9.17, 15) is 0 Å². The Balaban J connectivity index is 0.0000116. The Morgan fingerprint density at radius 1 is 0.486 bits per heavy atom. The van der Waals surface area contributed by atoms with Gasteiger partial charge < -0.3 is 0 Å². The molecule has 0 saturated heterocycles. The monoisotopic (exact) mass is 551 g/mol. The highest BCUT2D eigenvalue weighted by molar-refractivity contribution is 8.93. The normalized spacial score (nSPS) is 11.9. The number of rotatable bonds is 26. The van der Waals surface area contributed by atoms with Crippen molar-refractivity contribution >= 4 is 17.0 Å². The molecule has 0 bridgehead atoms. The third-order valence-corrected chi connectivity index (χ3v) is 7.67. The first kappa shape index (κ1) is 34.6. The number of hydrogen-bond acceptors (Lipinski definition) is 1. The molecule has 0 aliphatic carbocycles. The lowest BCUT2D eigenvalue weighted by Crippen LogP contribution is -2.02. The molecular formula is C33H62BrN. The van der Waals surface area contributed by atoms with E-state index >= 15 is 0 Å². The highest BCUT2D eigenvalue weighted by Crippen LogP contribution is 2.27. The van der Waals surface area contributed by atoms with Crippen LogP contribution in [0.4, 0.5) is 0 Å². The molecule has 1 rings (SSSR count). The largest absolute Gasteiger partial charge is 0.261 e. The number of aromatic nitrogens is 1. The van der Waals surface area contributed by atoms with Crippen molar-refractivity contribution in [2.24, 2.45) is 0 Å². The van der Waals surface area contributed by atoms with Crippen molar-refractivity contribution in [2.45, 2.75) is 180 Å². The molecule has 1 atom stereocenters. The lowest BCUT2D eigenvalue weighted by atomic mass is 9.91. The topological polar surface area (TPSA) is 12.9 Å². The summed E-state index contributed by atoms with van der Waals surface area (Å²) >= 11 is 0. The lowest BCUT2D eigenvalue weighted by Gasteiger charge is -2.16. The molecule has 0 N–H and O–H groups in total. The van der Waals surface area contributed by atoms with Crippen LogP contribution in [-0.2, 0) is 0 Å². The number of hydrogen-bond donors (Lipinski definition) is 0. The third kappa shape index (κ3) is 22.5. The van der Waals surface area contributed by atoms with Crippen molar-refractivity contribution in [3.63, 3.8) is 0 Å². The number of nitrogens with zero attached hydrogens (tertiary/aromatic N) is 1. The van der Waals surface area contributed by atoms with Gasteiger partial charge in [-0.25, -0.2) is 0 Å². The van der Waals surface area contributed by atoms with Crippen molar-refractivity contribution < 1.29 is 0 Å². The van der Waals surface area contributed by atoms with E-state index in [0.717, 1.165) is 0 Å². The minimum atomic E-state index is 0. The van der Waals surface area contributed by atoms with E-state index in [1.54, 1.807) is 0 Å². The van der Waals surface area contributed by atoms with Gasteiger partial charge in [-0.1, -0.05) is 168 Å². The van der Waals surface area contributed by atoms with Gasteiger partial charge in [0, 0.05) is 17.8 Å². The third-order valence-electron chi connectivity index (χ3n) is 7.67. The number of halogens is 1. The summed E-state index contributed by atoms with van der Waals surface area (Å²) < 4.78 is 0. The number of unbranched alkanes of at least 4 members (excludes halogenated alkanes) is 21. The van der Waals surface area contributed by atoms with Crippen LogP contribution in [0.3, 0.4) is 0 Å². The minimum Gasteiger partial charge on any atom is -0.261 e. The van der Waals surface area contributed by atoms with Crippen molar-refractivity contribution in [1.29, 1.82) is 0 Å². The molecule has 0 amide bonds. The van der Waals surface area contributed by atoms with Crippen LogP contribution >= 0.6 is 17.0 Å². The summed E-state index contributed by atoms with van der Waals surface area (Å²) in [7, 11) is 0. The summed E-state index contributed by atoms with van der Waals surface area (Å²) in [6.07, 6.45) is 37.6. The quantitative estimate of drug-likeness (QED) is 0.104. The smallest absolute Gasteiger partial charge is 0.0434 e. The SMILES string of the molecule is Br.CCCCCCCCCCCCCCCC(CCCCCCCCCCCC)c1ccccn1. The Labute approximate surface area is 231 Å². The molecule has 0 saturated carbocycles.